The number of benzene rings is 1. The van der Waals surface area contributed by atoms with Crippen molar-refractivity contribution in [2.45, 2.75) is 25.9 Å². The SMILES string of the molecule is CC1CN(c2ccc([C@@H](C)N)cc2)CC1N(C)C. The van der Waals surface area contributed by atoms with E-state index in [1.165, 1.54) is 11.3 Å². The van der Waals surface area contributed by atoms with E-state index in [0.717, 1.165) is 13.1 Å². The molecular weight excluding hydrogens is 222 g/mol. The van der Waals surface area contributed by atoms with Crippen LogP contribution >= 0.6 is 0 Å². The number of likely N-dealkylation sites (N-methyl/N-ethyl adjacent to an activating group) is 1. The average molecular weight is 247 g/mol. The van der Waals surface area contributed by atoms with Gasteiger partial charge in [0.2, 0.25) is 0 Å². The molecule has 3 heteroatoms. The van der Waals surface area contributed by atoms with Crippen LogP contribution in [-0.2, 0) is 0 Å². The maximum absolute atomic E-state index is 5.88. The lowest BCUT2D eigenvalue weighted by atomic mass is 10.1. The van der Waals surface area contributed by atoms with Gasteiger partial charge in [-0.05, 0) is 44.6 Å². The van der Waals surface area contributed by atoms with Gasteiger partial charge >= 0.3 is 0 Å². The molecule has 2 N–H and O–H groups in total. The topological polar surface area (TPSA) is 32.5 Å². The quantitative estimate of drug-likeness (QED) is 0.888. The van der Waals surface area contributed by atoms with Crippen LogP contribution in [0.2, 0.25) is 0 Å². The van der Waals surface area contributed by atoms with Gasteiger partial charge in [0.05, 0.1) is 0 Å². The molecule has 1 heterocycles. The summed E-state index contributed by atoms with van der Waals surface area (Å²) in [6.07, 6.45) is 0. The van der Waals surface area contributed by atoms with Crippen molar-refractivity contribution in [3.63, 3.8) is 0 Å². The smallest absolute Gasteiger partial charge is 0.0367 e. The molecule has 2 rings (SSSR count). The lowest BCUT2D eigenvalue weighted by Crippen LogP contribution is -2.34. The van der Waals surface area contributed by atoms with Crippen LogP contribution in [0.15, 0.2) is 24.3 Å². The summed E-state index contributed by atoms with van der Waals surface area (Å²) in [6.45, 7) is 6.61. The average Bonchev–Trinajstić information content (AvgIpc) is 2.71. The van der Waals surface area contributed by atoms with Crippen molar-refractivity contribution in [3.05, 3.63) is 29.8 Å². The van der Waals surface area contributed by atoms with Crippen molar-refractivity contribution >= 4 is 5.69 Å². The normalized spacial score (nSPS) is 25.8. The Hall–Kier alpha value is -1.06. The minimum atomic E-state index is 0.117. The zero-order valence-corrected chi connectivity index (χ0v) is 11.9. The predicted molar refractivity (Wildman–Crippen MR) is 77.9 cm³/mol. The maximum atomic E-state index is 5.88. The van der Waals surface area contributed by atoms with Crippen LogP contribution in [-0.4, -0.2) is 38.1 Å². The Labute approximate surface area is 111 Å². The van der Waals surface area contributed by atoms with Gasteiger partial charge in [0, 0.05) is 30.9 Å². The summed E-state index contributed by atoms with van der Waals surface area (Å²) in [5.41, 5.74) is 8.40. The number of rotatable bonds is 3. The van der Waals surface area contributed by atoms with Crippen molar-refractivity contribution in [2.24, 2.45) is 11.7 Å². The van der Waals surface area contributed by atoms with Crippen LogP contribution < -0.4 is 10.6 Å². The first-order valence-electron chi connectivity index (χ1n) is 6.76. The van der Waals surface area contributed by atoms with Crippen LogP contribution in [0.5, 0.6) is 0 Å². The predicted octanol–water partition coefficient (Wildman–Crippen LogP) is 2.09. The second-order valence-corrected chi connectivity index (χ2v) is 5.79. The Bertz CT molecular complexity index is 383. The molecule has 18 heavy (non-hydrogen) atoms. The summed E-state index contributed by atoms with van der Waals surface area (Å²) >= 11 is 0. The molecule has 0 radical (unpaired) electrons. The fraction of sp³-hybridized carbons (Fsp3) is 0.600. The second kappa shape index (κ2) is 5.29. The van der Waals surface area contributed by atoms with Gasteiger partial charge < -0.3 is 15.5 Å². The fourth-order valence-electron chi connectivity index (χ4n) is 2.82. The highest BCUT2D eigenvalue weighted by Crippen LogP contribution is 2.26. The lowest BCUT2D eigenvalue weighted by molar-refractivity contribution is 0.266. The van der Waals surface area contributed by atoms with Gasteiger partial charge in [0.25, 0.3) is 0 Å². The molecule has 0 aliphatic carbocycles. The van der Waals surface area contributed by atoms with Gasteiger partial charge in [-0.15, -0.1) is 0 Å². The molecule has 0 bridgehead atoms. The summed E-state index contributed by atoms with van der Waals surface area (Å²) in [4.78, 5) is 4.81. The second-order valence-electron chi connectivity index (χ2n) is 5.79. The molecule has 0 saturated carbocycles. The molecule has 0 spiro atoms. The number of anilines is 1. The minimum absolute atomic E-state index is 0.117. The molecule has 2 unspecified atom stereocenters. The van der Waals surface area contributed by atoms with Gasteiger partial charge in [-0.25, -0.2) is 0 Å². The highest BCUT2D eigenvalue weighted by molar-refractivity contribution is 5.49. The first-order chi connectivity index (χ1) is 8.49. The van der Waals surface area contributed by atoms with Gasteiger partial charge in [0.15, 0.2) is 0 Å². The Balaban J connectivity index is 2.09. The summed E-state index contributed by atoms with van der Waals surface area (Å²) in [7, 11) is 4.34. The highest BCUT2D eigenvalue weighted by atomic mass is 15.2. The van der Waals surface area contributed by atoms with Crippen LogP contribution in [0.4, 0.5) is 5.69 Å². The van der Waals surface area contributed by atoms with Crippen molar-refractivity contribution in [3.8, 4) is 0 Å². The van der Waals surface area contributed by atoms with E-state index in [4.69, 9.17) is 5.73 Å². The highest BCUT2D eigenvalue weighted by Gasteiger charge is 2.30. The van der Waals surface area contributed by atoms with E-state index in [2.05, 4.69) is 55.1 Å². The number of nitrogens with two attached hydrogens (primary N) is 1. The molecule has 1 aliphatic heterocycles. The minimum Gasteiger partial charge on any atom is -0.370 e. The van der Waals surface area contributed by atoms with Crippen LogP contribution in [0.25, 0.3) is 0 Å². The van der Waals surface area contributed by atoms with E-state index in [-0.39, 0.29) is 6.04 Å². The first-order valence-corrected chi connectivity index (χ1v) is 6.76. The molecule has 1 aromatic rings. The standard InChI is InChI=1S/C15H25N3/c1-11-9-18(10-15(11)17(3)4)14-7-5-13(6-8-14)12(2)16/h5-8,11-12,15H,9-10,16H2,1-4H3/t11?,12-,15?/m1/s1. The molecular formula is C15H25N3. The van der Waals surface area contributed by atoms with Gasteiger partial charge in [0.1, 0.15) is 0 Å². The number of nitrogens with zero attached hydrogens (tertiary/aromatic N) is 2. The molecule has 0 amide bonds. The van der Waals surface area contributed by atoms with E-state index in [1.807, 2.05) is 6.92 Å². The summed E-state index contributed by atoms with van der Waals surface area (Å²) in [5, 5.41) is 0. The van der Waals surface area contributed by atoms with E-state index < -0.39 is 0 Å². The summed E-state index contributed by atoms with van der Waals surface area (Å²) in [5.74, 6) is 0.716. The molecule has 1 fully saturated rings. The van der Waals surface area contributed by atoms with Gasteiger partial charge in [-0.1, -0.05) is 19.1 Å². The van der Waals surface area contributed by atoms with Gasteiger partial charge in [-0.3, -0.25) is 0 Å². The molecule has 0 aromatic heterocycles. The summed E-state index contributed by atoms with van der Waals surface area (Å²) < 4.78 is 0. The van der Waals surface area contributed by atoms with Crippen molar-refractivity contribution in [1.29, 1.82) is 0 Å². The van der Waals surface area contributed by atoms with E-state index >= 15 is 0 Å². The van der Waals surface area contributed by atoms with Crippen LogP contribution in [0.3, 0.4) is 0 Å². The molecule has 1 aromatic carbocycles. The Morgan fingerprint density at radius 3 is 2.28 bits per heavy atom. The summed E-state index contributed by atoms with van der Waals surface area (Å²) in [6, 6.07) is 9.46. The first kappa shape index (κ1) is 13.4. The Morgan fingerprint density at radius 1 is 1.22 bits per heavy atom. The van der Waals surface area contributed by atoms with Crippen molar-refractivity contribution < 1.29 is 0 Å². The molecule has 3 atom stereocenters. The third-order valence-electron chi connectivity index (χ3n) is 4.02. The maximum Gasteiger partial charge on any atom is 0.0367 e. The third-order valence-corrected chi connectivity index (χ3v) is 4.02. The zero-order chi connectivity index (χ0) is 13.3. The Morgan fingerprint density at radius 2 is 1.83 bits per heavy atom. The fourth-order valence-corrected chi connectivity index (χ4v) is 2.82. The number of hydrogen-bond donors (Lipinski definition) is 1. The van der Waals surface area contributed by atoms with E-state index in [9.17, 15) is 0 Å². The van der Waals surface area contributed by atoms with Gasteiger partial charge in [-0.2, -0.15) is 0 Å². The third kappa shape index (κ3) is 2.68. The molecule has 100 valence electrons. The monoisotopic (exact) mass is 247 g/mol. The largest absolute Gasteiger partial charge is 0.370 e. The van der Waals surface area contributed by atoms with E-state index in [0.29, 0.717) is 12.0 Å². The van der Waals surface area contributed by atoms with Crippen molar-refractivity contribution in [2.75, 3.05) is 32.1 Å². The Kier molecular flexibility index (Phi) is 3.93. The number of hydrogen-bond acceptors (Lipinski definition) is 3. The molecule has 1 aliphatic rings. The van der Waals surface area contributed by atoms with Crippen molar-refractivity contribution in [1.82, 2.24) is 4.90 Å². The van der Waals surface area contributed by atoms with E-state index in [1.54, 1.807) is 0 Å². The van der Waals surface area contributed by atoms with Crippen LogP contribution in [0, 0.1) is 5.92 Å². The molecule has 1 saturated heterocycles. The zero-order valence-electron chi connectivity index (χ0n) is 11.9. The lowest BCUT2D eigenvalue weighted by Gasteiger charge is -2.23. The molecule has 3 nitrogen and oxygen atoms in total. The van der Waals surface area contributed by atoms with Crippen LogP contribution in [0.1, 0.15) is 25.5 Å².